The lowest BCUT2D eigenvalue weighted by molar-refractivity contribution is -0.145. The highest BCUT2D eigenvalue weighted by Gasteiger charge is 2.36. The standard InChI is InChI=1S/C19H24N2O5S/c1-5-20(6-2)14-9-8-13(15(11-14)25-4)10-16-18(23)21(19(24)27-16)12-17(22)26-7-3/h8-11H,5-7,12H2,1-4H3. The summed E-state index contributed by atoms with van der Waals surface area (Å²) in [5, 5.41) is -0.488. The van der Waals surface area contributed by atoms with Gasteiger partial charge in [-0.15, -0.1) is 0 Å². The first-order chi connectivity index (χ1) is 12.9. The van der Waals surface area contributed by atoms with E-state index in [1.54, 1.807) is 20.1 Å². The van der Waals surface area contributed by atoms with E-state index in [4.69, 9.17) is 9.47 Å². The van der Waals surface area contributed by atoms with Crippen LogP contribution in [-0.2, 0) is 14.3 Å². The summed E-state index contributed by atoms with van der Waals surface area (Å²) in [5.41, 5.74) is 1.71. The van der Waals surface area contributed by atoms with Crippen molar-refractivity contribution in [2.24, 2.45) is 0 Å². The average Bonchev–Trinajstić information content (AvgIpc) is 2.91. The Labute approximate surface area is 163 Å². The molecule has 1 aromatic carbocycles. The molecule has 7 nitrogen and oxygen atoms in total. The fourth-order valence-corrected chi connectivity index (χ4v) is 3.55. The van der Waals surface area contributed by atoms with Crippen molar-refractivity contribution in [2.45, 2.75) is 20.8 Å². The highest BCUT2D eigenvalue weighted by atomic mass is 32.2. The molecule has 1 saturated heterocycles. The van der Waals surface area contributed by atoms with Gasteiger partial charge in [-0.2, -0.15) is 0 Å². The van der Waals surface area contributed by atoms with Crippen molar-refractivity contribution < 1.29 is 23.9 Å². The first-order valence-corrected chi connectivity index (χ1v) is 9.60. The van der Waals surface area contributed by atoms with Crippen molar-refractivity contribution in [1.82, 2.24) is 4.90 Å². The van der Waals surface area contributed by atoms with E-state index in [0.29, 0.717) is 11.3 Å². The van der Waals surface area contributed by atoms with Crippen LogP contribution < -0.4 is 9.64 Å². The van der Waals surface area contributed by atoms with Crippen LogP contribution in [0, 0.1) is 0 Å². The van der Waals surface area contributed by atoms with Gasteiger partial charge in [-0.05, 0) is 50.7 Å². The second kappa shape index (κ2) is 9.45. The summed E-state index contributed by atoms with van der Waals surface area (Å²) >= 11 is 0.800. The third-order valence-electron chi connectivity index (χ3n) is 4.10. The van der Waals surface area contributed by atoms with E-state index in [-0.39, 0.29) is 18.1 Å². The lowest BCUT2D eigenvalue weighted by Gasteiger charge is -2.22. The molecule has 0 N–H and O–H groups in total. The van der Waals surface area contributed by atoms with Crippen LogP contribution in [0.5, 0.6) is 5.75 Å². The van der Waals surface area contributed by atoms with E-state index in [2.05, 4.69) is 18.7 Å². The zero-order valence-corrected chi connectivity index (χ0v) is 16.8. The lowest BCUT2D eigenvalue weighted by atomic mass is 10.1. The van der Waals surface area contributed by atoms with Gasteiger partial charge in [0.05, 0.1) is 18.6 Å². The van der Waals surface area contributed by atoms with Gasteiger partial charge in [-0.1, -0.05) is 0 Å². The Morgan fingerprint density at radius 2 is 1.93 bits per heavy atom. The second-order valence-electron chi connectivity index (χ2n) is 5.67. The molecule has 1 aromatic rings. The molecule has 146 valence electrons. The minimum absolute atomic E-state index is 0.195. The van der Waals surface area contributed by atoms with E-state index < -0.39 is 17.1 Å². The summed E-state index contributed by atoms with van der Waals surface area (Å²) in [6.45, 7) is 7.36. The molecule has 1 fully saturated rings. The molecule has 0 bridgehead atoms. The zero-order valence-electron chi connectivity index (χ0n) is 16.0. The van der Waals surface area contributed by atoms with Crippen LogP contribution >= 0.6 is 11.8 Å². The molecule has 0 saturated carbocycles. The maximum Gasteiger partial charge on any atom is 0.326 e. The van der Waals surface area contributed by atoms with Crippen molar-refractivity contribution in [3.05, 3.63) is 28.7 Å². The van der Waals surface area contributed by atoms with Crippen molar-refractivity contribution >= 4 is 40.6 Å². The number of rotatable bonds is 8. The Bertz CT molecular complexity index is 758. The van der Waals surface area contributed by atoms with Gasteiger partial charge in [0, 0.05) is 30.4 Å². The number of imide groups is 1. The number of ether oxygens (including phenoxy) is 2. The van der Waals surface area contributed by atoms with Crippen LogP contribution in [0.1, 0.15) is 26.3 Å². The van der Waals surface area contributed by atoms with Crippen molar-refractivity contribution in [3.63, 3.8) is 0 Å². The van der Waals surface area contributed by atoms with Crippen LogP contribution in [0.25, 0.3) is 6.08 Å². The second-order valence-corrected chi connectivity index (χ2v) is 6.66. The first kappa shape index (κ1) is 20.8. The number of hydrogen-bond acceptors (Lipinski definition) is 7. The summed E-state index contributed by atoms with van der Waals surface area (Å²) in [6, 6.07) is 5.71. The van der Waals surface area contributed by atoms with Gasteiger partial charge in [0.25, 0.3) is 11.1 Å². The van der Waals surface area contributed by atoms with Gasteiger partial charge in [0.1, 0.15) is 12.3 Å². The number of thioether (sulfide) groups is 1. The van der Waals surface area contributed by atoms with Gasteiger partial charge < -0.3 is 14.4 Å². The number of carbonyl (C=O) groups excluding carboxylic acids is 3. The van der Waals surface area contributed by atoms with Crippen LogP contribution in [0.15, 0.2) is 23.1 Å². The van der Waals surface area contributed by atoms with Gasteiger partial charge >= 0.3 is 5.97 Å². The minimum Gasteiger partial charge on any atom is -0.496 e. The molecule has 0 atom stereocenters. The fourth-order valence-electron chi connectivity index (χ4n) is 2.72. The molecule has 1 heterocycles. The predicted octanol–water partition coefficient (Wildman–Crippen LogP) is 3.14. The summed E-state index contributed by atoms with van der Waals surface area (Å²) in [7, 11) is 1.56. The number of anilines is 1. The third-order valence-corrected chi connectivity index (χ3v) is 5.01. The van der Waals surface area contributed by atoms with E-state index in [9.17, 15) is 14.4 Å². The summed E-state index contributed by atoms with van der Waals surface area (Å²) in [5.74, 6) is -0.508. The van der Waals surface area contributed by atoms with E-state index in [0.717, 1.165) is 35.4 Å². The molecule has 2 rings (SSSR count). The fraction of sp³-hybridized carbons (Fsp3) is 0.421. The number of esters is 1. The molecule has 1 aliphatic heterocycles. The Kier molecular flexibility index (Phi) is 7.29. The number of methoxy groups -OCH3 is 1. The number of benzene rings is 1. The third kappa shape index (κ3) is 4.82. The molecule has 1 aliphatic rings. The SMILES string of the molecule is CCOC(=O)CN1C(=O)SC(=Cc2ccc(N(CC)CC)cc2OC)C1=O. The van der Waals surface area contributed by atoms with Crippen molar-refractivity contribution in [3.8, 4) is 5.75 Å². The molecule has 0 aromatic heterocycles. The lowest BCUT2D eigenvalue weighted by Crippen LogP contribution is -2.34. The van der Waals surface area contributed by atoms with E-state index in [1.807, 2.05) is 18.2 Å². The molecule has 0 aliphatic carbocycles. The molecule has 0 radical (unpaired) electrons. The van der Waals surface area contributed by atoms with Crippen LogP contribution in [0.4, 0.5) is 10.5 Å². The highest BCUT2D eigenvalue weighted by Crippen LogP contribution is 2.35. The molecule has 27 heavy (non-hydrogen) atoms. The quantitative estimate of drug-likeness (QED) is 0.497. The summed E-state index contributed by atoms with van der Waals surface area (Å²) in [4.78, 5) is 39.5. The van der Waals surface area contributed by atoms with Crippen LogP contribution in [0.3, 0.4) is 0 Å². The molecule has 0 unspecified atom stereocenters. The largest absolute Gasteiger partial charge is 0.496 e. The first-order valence-electron chi connectivity index (χ1n) is 8.79. The van der Waals surface area contributed by atoms with E-state index in [1.165, 1.54) is 0 Å². The maximum atomic E-state index is 12.5. The molecular weight excluding hydrogens is 368 g/mol. The molecule has 2 amide bonds. The number of carbonyl (C=O) groups is 3. The number of hydrogen-bond donors (Lipinski definition) is 0. The zero-order chi connectivity index (χ0) is 20.0. The smallest absolute Gasteiger partial charge is 0.326 e. The highest BCUT2D eigenvalue weighted by molar-refractivity contribution is 8.18. The van der Waals surface area contributed by atoms with Gasteiger partial charge in [-0.3, -0.25) is 19.3 Å². The molecule has 8 heteroatoms. The molecular formula is C19H24N2O5S. The van der Waals surface area contributed by atoms with Gasteiger partial charge in [0.2, 0.25) is 0 Å². The monoisotopic (exact) mass is 392 g/mol. The van der Waals surface area contributed by atoms with Gasteiger partial charge in [0.15, 0.2) is 0 Å². The topological polar surface area (TPSA) is 76.2 Å². The summed E-state index contributed by atoms with van der Waals surface area (Å²) in [6.07, 6.45) is 1.61. The normalized spacial score (nSPS) is 15.4. The minimum atomic E-state index is -0.609. The van der Waals surface area contributed by atoms with Gasteiger partial charge in [-0.25, -0.2) is 0 Å². The average molecular weight is 392 g/mol. The Hall–Kier alpha value is -2.48. The van der Waals surface area contributed by atoms with Crippen molar-refractivity contribution in [2.75, 3.05) is 38.3 Å². The van der Waals surface area contributed by atoms with Crippen LogP contribution in [0.2, 0.25) is 0 Å². The Morgan fingerprint density at radius 1 is 1.22 bits per heavy atom. The van der Waals surface area contributed by atoms with Crippen LogP contribution in [-0.4, -0.2) is 55.4 Å². The predicted molar refractivity (Wildman–Crippen MR) is 106 cm³/mol. The Morgan fingerprint density at radius 3 is 2.52 bits per heavy atom. The van der Waals surface area contributed by atoms with E-state index >= 15 is 0 Å². The summed E-state index contributed by atoms with van der Waals surface area (Å²) < 4.78 is 10.3. The number of nitrogens with zero attached hydrogens (tertiary/aromatic N) is 2. The number of amides is 2. The maximum absolute atomic E-state index is 12.5. The molecule has 0 spiro atoms. The van der Waals surface area contributed by atoms with Crippen molar-refractivity contribution in [1.29, 1.82) is 0 Å². The Balaban J connectivity index is 2.26.